The second kappa shape index (κ2) is 4.08. The molecule has 0 aliphatic rings. The fourth-order valence-corrected chi connectivity index (χ4v) is 1.48. The molecule has 0 saturated heterocycles. The molecule has 0 aliphatic heterocycles. The topological polar surface area (TPSA) is 33.1 Å². The summed E-state index contributed by atoms with van der Waals surface area (Å²) in [6, 6.07) is 6.62. The van der Waals surface area contributed by atoms with Crippen molar-refractivity contribution in [1.29, 1.82) is 0 Å². The first-order valence-corrected chi connectivity index (χ1v) is 4.79. The van der Waals surface area contributed by atoms with E-state index in [-0.39, 0.29) is 0 Å². The van der Waals surface area contributed by atoms with E-state index in [1.165, 1.54) is 12.3 Å². The minimum atomic E-state index is -4.54. The normalized spacial score (nSPS) is 11.5. The maximum atomic E-state index is 12.4. The summed E-state index contributed by atoms with van der Waals surface area (Å²) in [6.45, 7) is 0. The smallest absolute Gasteiger partial charge is 0.419 e. The third kappa shape index (κ3) is 2.38. The quantitative estimate of drug-likeness (QED) is 0.826. The Balaban J connectivity index is 2.45. The van der Waals surface area contributed by atoms with Gasteiger partial charge in [0, 0.05) is 18.0 Å². The Bertz CT molecular complexity index is 523. The Kier molecular flexibility index (Phi) is 2.75. The van der Waals surface area contributed by atoms with Gasteiger partial charge in [0.05, 0.1) is 5.56 Å². The number of rotatable bonds is 1. The van der Waals surface area contributed by atoms with E-state index in [0.29, 0.717) is 11.1 Å². The van der Waals surface area contributed by atoms with Crippen LogP contribution in [0.1, 0.15) is 5.56 Å². The molecule has 88 valence electrons. The van der Waals surface area contributed by atoms with E-state index in [9.17, 15) is 18.3 Å². The first-order chi connectivity index (χ1) is 7.98. The van der Waals surface area contributed by atoms with Gasteiger partial charge in [0.15, 0.2) is 0 Å². The molecule has 0 unspecified atom stereocenters. The van der Waals surface area contributed by atoms with Crippen LogP contribution in [0.2, 0.25) is 0 Å². The lowest BCUT2D eigenvalue weighted by Gasteiger charge is -2.10. The molecule has 1 aromatic heterocycles. The molecule has 0 fully saturated rings. The van der Waals surface area contributed by atoms with Gasteiger partial charge in [-0.15, -0.1) is 0 Å². The van der Waals surface area contributed by atoms with Crippen molar-refractivity contribution in [2.24, 2.45) is 0 Å². The highest BCUT2D eigenvalue weighted by atomic mass is 19.4. The van der Waals surface area contributed by atoms with Crippen LogP contribution in [0, 0.1) is 0 Å². The Morgan fingerprint density at radius 2 is 1.82 bits per heavy atom. The van der Waals surface area contributed by atoms with Crippen LogP contribution in [0.25, 0.3) is 11.1 Å². The predicted octanol–water partition coefficient (Wildman–Crippen LogP) is 3.47. The van der Waals surface area contributed by atoms with E-state index in [0.717, 1.165) is 12.1 Å². The zero-order valence-electron chi connectivity index (χ0n) is 8.57. The third-order valence-electron chi connectivity index (χ3n) is 2.30. The second-order valence-corrected chi connectivity index (χ2v) is 3.47. The zero-order chi connectivity index (χ0) is 12.5. The van der Waals surface area contributed by atoms with Crippen LogP contribution in [0.5, 0.6) is 5.75 Å². The molecule has 0 amide bonds. The van der Waals surface area contributed by atoms with Crippen molar-refractivity contribution >= 4 is 0 Å². The van der Waals surface area contributed by atoms with Gasteiger partial charge in [0.25, 0.3) is 0 Å². The molecular formula is C12H8F3NO. The Labute approximate surface area is 95.4 Å². The van der Waals surface area contributed by atoms with Gasteiger partial charge in [-0.3, -0.25) is 4.98 Å². The Morgan fingerprint density at radius 3 is 2.35 bits per heavy atom. The average molecular weight is 239 g/mol. The van der Waals surface area contributed by atoms with Crippen molar-refractivity contribution < 1.29 is 18.3 Å². The number of alkyl halides is 3. The number of aromatic hydroxyl groups is 1. The summed E-state index contributed by atoms with van der Waals surface area (Å²) in [7, 11) is 0. The van der Waals surface area contributed by atoms with Crippen LogP contribution in [0.4, 0.5) is 13.2 Å². The number of benzene rings is 1. The zero-order valence-corrected chi connectivity index (χ0v) is 8.57. The molecule has 0 atom stereocenters. The number of hydrogen-bond donors (Lipinski definition) is 1. The SMILES string of the molecule is Oc1cc(-c2cccnc2)ccc1C(F)(F)F. The molecule has 0 saturated carbocycles. The summed E-state index contributed by atoms with van der Waals surface area (Å²) in [5.74, 6) is -0.779. The van der Waals surface area contributed by atoms with Gasteiger partial charge in [0.1, 0.15) is 5.75 Å². The van der Waals surface area contributed by atoms with Gasteiger partial charge in [-0.25, -0.2) is 0 Å². The van der Waals surface area contributed by atoms with Crippen LogP contribution in [0.15, 0.2) is 42.7 Å². The number of hydrogen-bond acceptors (Lipinski definition) is 2. The summed E-state index contributed by atoms with van der Waals surface area (Å²) in [5, 5.41) is 9.35. The lowest BCUT2D eigenvalue weighted by atomic mass is 10.0. The molecule has 0 bridgehead atoms. The number of phenolic OH excluding ortho intramolecular Hbond substituents is 1. The Morgan fingerprint density at radius 1 is 1.06 bits per heavy atom. The highest BCUT2D eigenvalue weighted by molar-refractivity contribution is 5.65. The lowest BCUT2D eigenvalue weighted by molar-refractivity contribution is -0.138. The van der Waals surface area contributed by atoms with Crippen molar-refractivity contribution in [2.45, 2.75) is 6.18 Å². The van der Waals surface area contributed by atoms with Crippen molar-refractivity contribution in [1.82, 2.24) is 4.98 Å². The lowest BCUT2D eigenvalue weighted by Crippen LogP contribution is -2.04. The molecule has 0 spiro atoms. The van der Waals surface area contributed by atoms with E-state index in [1.807, 2.05) is 0 Å². The van der Waals surface area contributed by atoms with Gasteiger partial charge in [-0.1, -0.05) is 12.1 Å². The molecule has 1 heterocycles. The molecule has 17 heavy (non-hydrogen) atoms. The highest BCUT2D eigenvalue weighted by Gasteiger charge is 2.33. The van der Waals surface area contributed by atoms with E-state index in [1.54, 1.807) is 18.3 Å². The number of aromatic nitrogens is 1. The molecule has 1 N–H and O–H groups in total. The molecule has 2 nitrogen and oxygen atoms in total. The molecular weight excluding hydrogens is 231 g/mol. The monoisotopic (exact) mass is 239 g/mol. The average Bonchev–Trinajstić information content (AvgIpc) is 2.28. The number of halogens is 3. The standard InChI is InChI=1S/C12H8F3NO/c13-12(14,15)10-4-3-8(6-11(10)17)9-2-1-5-16-7-9/h1-7,17H. The van der Waals surface area contributed by atoms with Crippen LogP contribution in [0.3, 0.4) is 0 Å². The van der Waals surface area contributed by atoms with Gasteiger partial charge in [0.2, 0.25) is 0 Å². The Hall–Kier alpha value is -2.04. The van der Waals surface area contributed by atoms with Crippen molar-refractivity contribution in [3.05, 3.63) is 48.3 Å². The number of phenols is 1. The fraction of sp³-hybridized carbons (Fsp3) is 0.0833. The number of nitrogens with zero attached hydrogens (tertiary/aromatic N) is 1. The molecule has 1 aromatic carbocycles. The van der Waals surface area contributed by atoms with Gasteiger partial charge in [-0.05, 0) is 23.8 Å². The summed E-state index contributed by atoms with van der Waals surface area (Å²) in [4.78, 5) is 3.86. The molecule has 2 aromatic rings. The predicted molar refractivity (Wildman–Crippen MR) is 56.3 cm³/mol. The molecule has 0 radical (unpaired) electrons. The summed E-state index contributed by atoms with van der Waals surface area (Å²) >= 11 is 0. The second-order valence-electron chi connectivity index (χ2n) is 3.47. The summed E-state index contributed by atoms with van der Waals surface area (Å²) < 4.78 is 37.2. The van der Waals surface area contributed by atoms with E-state index < -0.39 is 17.5 Å². The maximum absolute atomic E-state index is 12.4. The van der Waals surface area contributed by atoms with Gasteiger partial charge in [-0.2, -0.15) is 13.2 Å². The third-order valence-corrected chi connectivity index (χ3v) is 2.30. The summed E-state index contributed by atoms with van der Waals surface area (Å²) in [6.07, 6.45) is -1.47. The van der Waals surface area contributed by atoms with Gasteiger partial charge < -0.3 is 5.11 Å². The van der Waals surface area contributed by atoms with Crippen molar-refractivity contribution in [3.8, 4) is 16.9 Å². The minimum Gasteiger partial charge on any atom is -0.507 e. The minimum absolute atomic E-state index is 0.489. The van der Waals surface area contributed by atoms with Gasteiger partial charge >= 0.3 is 6.18 Å². The molecule has 0 aliphatic carbocycles. The first kappa shape index (κ1) is 11.4. The van der Waals surface area contributed by atoms with Crippen LogP contribution in [-0.2, 0) is 6.18 Å². The number of pyridine rings is 1. The maximum Gasteiger partial charge on any atom is 0.419 e. The van der Waals surface area contributed by atoms with E-state index >= 15 is 0 Å². The van der Waals surface area contributed by atoms with Crippen molar-refractivity contribution in [3.63, 3.8) is 0 Å². The van der Waals surface area contributed by atoms with Crippen molar-refractivity contribution in [2.75, 3.05) is 0 Å². The molecule has 5 heteroatoms. The van der Waals surface area contributed by atoms with Crippen LogP contribution >= 0.6 is 0 Å². The fourth-order valence-electron chi connectivity index (χ4n) is 1.48. The van der Waals surface area contributed by atoms with E-state index in [2.05, 4.69) is 4.98 Å². The summed E-state index contributed by atoms with van der Waals surface area (Å²) in [5.41, 5.74) is 0.102. The first-order valence-electron chi connectivity index (χ1n) is 4.79. The molecule has 2 rings (SSSR count). The van der Waals surface area contributed by atoms with E-state index in [4.69, 9.17) is 0 Å². The largest absolute Gasteiger partial charge is 0.507 e. The van der Waals surface area contributed by atoms with Crippen LogP contribution in [-0.4, -0.2) is 10.1 Å². The van der Waals surface area contributed by atoms with Crippen LogP contribution < -0.4 is 0 Å². The highest BCUT2D eigenvalue weighted by Crippen LogP contribution is 2.37.